The predicted octanol–water partition coefficient (Wildman–Crippen LogP) is 5.00. The van der Waals surface area contributed by atoms with Crippen molar-refractivity contribution in [3.05, 3.63) is 48.0 Å². The van der Waals surface area contributed by atoms with Crippen LogP contribution in [-0.2, 0) is 0 Å². The van der Waals surface area contributed by atoms with Gasteiger partial charge in [-0.05, 0) is 75.2 Å². The number of phenolic OH excluding ortho intramolecular Hbond substituents is 1. The number of aromatic hydroxyl groups is 1. The van der Waals surface area contributed by atoms with Gasteiger partial charge in [0.15, 0.2) is 0 Å². The van der Waals surface area contributed by atoms with Gasteiger partial charge < -0.3 is 15.2 Å². The fourth-order valence-electron chi connectivity index (χ4n) is 4.68. The first kappa shape index (κ1) is 19.6. The Morgan fingerprint density at radius 1 is 0.931 bits per heavy atom. The number of benzene rings is 2. The van der Waals surface area contributed by atoms with Gasteiger partial charge in [-0.15, -0.1) is 10.2 Å². The summed E-state index contributed by atoms with van der Waals surface area (Å²) in [6.45, 7) is 10.9. The second-order valence-corrected chi connectivity index (χ2v) is 9.50. The molecular formula is C24H29N3O2. The van der Waals surface area contributed by atoms with Crippen LogP contribution in [0.5, 0.6) is 11.6 Å². The summed E-state index contributed by atoms with van der Waals surface area (Å²) in [7, 11) is 0. The Morgan fingerprint density at radius 3 is 2.31 bits per heavy atom. The van der Waals surface area contributed by atoms with Gasteiger partial charge in [-0.3, -0.25) is 0 Å². The normalized spacial score (nSPS) is 18.7. The third-order valence-corrected chi connectivity index (χ3v) is 5.52. The number of nitrogens with zero attached hydrogens (tertiary/aromatic N) is 2. The molecule has 1 aliphatic rings. The molecule has 1 aliphatic heterocycles. The van der Waals surface area contributed by atoms with Gasteiger partial charge in [-0.25, -0.2) is 0 Å². The number of aromatic nitrogens is 2. The van der Waals surface area contributed by atoms with Crippen molar-refractivity contribution in [2.24, 2.45) is 0 Å². The van der Waals surface area contributed by atoms with Crippen LogP contribution in [-0.4, -0.2) is 32.5 Å². The van der Waals surface area contributed by atoms with Crippen molar-refractivity contribution in [1.82, 2.24) is 15.5 Å². The minimum atomic E-state index is 0.0242. The third-order valence-electron chi connectivity index (χ3n) is 5.52. The molecule has 0 radical (unpaired) electrons. The predicted molar refractivity (Wildman–Crippen MR) is 116 cm³/mol. The molecule has 1 fully saturated rings. The maximum absolute atomic E-state index is 9.70. The molecule has 0 bridgehead atoms. The quantitative estimate of drug-likeness (QED) is 0.658. The van der Waals surface area contributed by atoms with E-state index in [0.29, 0.717) is 5.88 Å². The lowest BCUT2D eigenvalue weighted by molar-refractivity contribution is 0.0524. The Bertz CT molecular complexity index is 1030. The van der Waals surface area contributed by atoms with Gasteiger partial charge in [0.2, 0.25) is 5.88 Å². The SMILES string of the molecule is Cc1cc2cc(O)ccc2cc1-c1ccc(OC2CC(C)(C)NC(C)(C)C2)nn1. The summed E-state index contributed by atoms with van der Waals surface area (Å²) >= 11 is 0. The Kier molecular flexibility index (Phi) is 4.74. The lowest BCUT2D eigenvalue weighted by atomic mass is 9.81. The zero-order valence-electron chi connectivity index (χ0n) is 17.8. The molecule has 5 nitrogen and oxygen atoms in total. The van der Waals surface area contributed by atoms with E-state index in [4.69, 9.17) is 4.74 Å². The lowest BCUT2D eigenvalue weighted by Gasteiger charge is -2.46. The minimum Gasteiger partial charge on any atom is -0.508 e. The molecule has 2 N–H and O–H groups in total. The van der Waals surface area contributed by atoms with Crippen molar-refractivity contribution in [1.29, 1.82) is 0 Å². The highest BCUT2D eigenvalue weighted by Gasteiger charge is 2.38. The molecular weight excluding hydrogens is 362 g/mol. The average molecular weight is 392 g/mol. The van der Waals surface area contributed by atoms with Crippen molar-refractivity contribution in [2.45, 2.75) is 64.6 Å². The molecule has 0 saturated carbocycles. The molecule has 0 amide bonds. The molecule has 29 heavy (non-hydrogen) atoms. The van der Waals surface area contributed by atoms with E-state index < -0.39 is 0 Å². The zero-order chi connectivity index (χ0) is 20.8. The summed E-state index contributed by atoms with van der Waals surface area (Å²) in [5, 5.41) is 24.2. The molecule has 4 rings (SSSR count). The van der Waals surface area contributed by atoms with Crippen LogP contribution >= 0.6 is 0 Å². The molecule has 0 atom stereocenters. The van der Waals surface area contributed by atoms with Crippen LogP contribution in [0.15, 0.2) is 42.5 Å². The van der Waals surface area contributed by atoms with Gasteiger partial charge in [0, 0.05) is 35.5 Å². The van der Waals surface area contributed by atoms with Crippen LogP contribution in [0.25, 0.3) is 22.0 Å². The largest absolute Gasteiger partial charge is 0.508 e. The first-order valence-corrected chi connectivity index (χ1v) is 10.1. The highest BCUT2D eigenvalue weighted by molar-refractivity contribution is 5.89. The van der Waals surface area contributed by atoms with Gasteiger partial charge in [0.25, 0.3) is 0 Å². The number of nitrogens with one attached hydrogen (secondary N) is 1. The summed E-state index contributed by atoms with van der Waals surface area (Å²) in [5.41, 5.74) is 2.99. The number of aryl methyl sites for hydroxylation is 1. The van der Waals surface area contributed by atoms with Gasteiger partial charge in [0.1, 0.15) is 11.9 Å². The van der Waals surface area contributed by atoms with E-state index in [2.05, 4.69) is 55.3 Å². The summed E-state index contributed by atoms with van der Waals surface area (Å²) in [4.78, 5) is 0. The average Bonchev–Trinajstić information content (AvgIpc) is 2.59. The Labute approximate surface area is 172 Å². The molecule has 1 saturated heterocycles. The summed E-state index contributed by atoms with van der Waals surface area (Å²) < 4.78 is 6.19. The monoisotopic (exact) mass is 391 g/mol. The first-order chi connectivity index (χ1) is 13.6. The highest BCUT2D eigenvalue weighted by atomic mass is 16.5. The van der Waals surface area contributed by atoms with E-state index in [1.165, 1.54) is 0 Å². The maximum Gasteiger partial charge on any atom is 0.233 e. The van der Waals surface area contributed by atoms with Crippen molar-refractivity contribution in [2.75, 3.05) is 0 Å². The maximum atomic E-state index is 9.70. The van der Waals surface area contributed by atoms with Crippen LogP contribution in [0, 0.1) is 6.92 Å². The molecule has 0 aliphatic carbocycles. The standard InChI is InChI=1S/C24H29N3O2/c1-15-10-17-11-18(28)7-6-16(17)12-20(15)21-8-9-22(26-25-21)29-19-13-23(2,3)27-24(4,5)14-19/h6-12,19,27-28H,13-14H2,1-5H3. The second-order valence-electron chi connectivity index (χ2n) is 9.50. The van der Waals surface area contributed by atoms with E-state index in [1.807, 2.05) is 25.1 Å². The number of rotatable bonds is 3. The van der Waals surface area contributed by atoms with Crippen molar-refractivity contribution in [3.8, 4) is 22.9 Å². The number of phenols is 1. The molecule has 0 spiro atoms. The molecule has 2 aromatic carbocycles. The summed E-state index contributed by atoms with van der Waals surface area (Å²) in [6, 6.07) is 13.4. The molecule has 1 aromatic heterocycles. The van der Waals surface area contributed by atoms with Gasteiger partial charge in [0.05, 0.1) is 5.69 Å². The molecule has 3 aromatic rings. The Hall–Kier alpha value is -2.66. The van der Waals surface area contributed by atoms with E-state index >= 15 is 0 Å². The van der Waals surface area contributed by atoms with E-state index in [-0.39, 0.29) is 22.9 Å². The number of ether oxygens (including phenoxy) is 1. The zero-order valence-corrected chi connectivity index (χ0v) is 17.8. The van der Waals surface area contributed by atoms with Gasteiger partial charge in [-0.2, -0.15) is 0 Å². The van der Waals surface area contributed by atoms with E-state index in [9.17, 15) is 5.11 Å². The Balaban J connectivity index is 1.56. The van der Waals surface area contributed by atoms with Crippen LogP contribution in [0.2, 0.25) is 0 Å². The van der Waals surface area contributed by atoms with Crippen molar-refractivity contribution >= 4 is 10.8 Å². The molecule has 5 heteroatoms. The van der Waals surface area contributed by atoms with Crippen LogP contribution in [0.3, 0.4) is 0 Å². The number of hydrogen-bond donors (Lipinski definition) is 2. The van der Waals surface area contributed by atoms with Crippen LogP contribution in [0.4, 0.5) is 0 Å². The van der Waals surface area contributed by atoms with Crippen LogP contribution in [0.1, 0.15) is 46.1 Å². The summed E-state index contributed by atoms with van der Waals surface area (Å²) in [6.07, 6.45) is 1.96. The smallest absolute Gasteiger partial charge is 0.233 e. The van der Waals surface area contributed by atoms with Crippen molar-refractivity contribution < 1.29 is 9.84 Å². The minimum absolute atomic E-state index is 0.0242. The third kappa shape index (κ3) is 4.35. The number of fused-ring (bicyclic) bond motifs is 1. The van der Waals surface area contributed by atoms with Crippen LogP contribution < -0.4 is 10.1 Å². The van der Waals surface area contributed by atoms with E-state index in [1.54, 1.807) is 12.1 Å². The Morgan fingerprint density at radius 2 is 1.66 bits per heavy atom. The first-order valence-electron chi connectivity index (χ1n) is 10.1. The lowest BCUT2D eigenvalue weighted by Crippen LogP contribution is -2.60. The fraction of sp³-hybridized carbons (Fsp3) is 0.417. The van der Waals surface area contributed by atoms with Crippen molar-refractivity contribution in [3.63, 3.8) is 0 Å². The molecule has 152 valence electrons. The summed E-state index contributed by atoms with van der Waals surface area (Å²) in [5.74, 6) is 0.839. The highest BCUT2D eigenvalue weighted by Crippen LogP contribution is 2.32. The second kappa shape index (κ2) is 6.99. The molecule has 2 heterocycles. The molecule has 0 unspecified atom stereocenters. The number of hydrogen-bond acceptors (Lipinski definition) is 5. The fourth-order valence-corrected chi connectivity index (χ4v) is 4.68. The number of piperidine rings is 1. The van der Waals surface area contributed by atoms with E-state index in [0.717, 1.165) is 40.4 Å². The van der Waals surface area contributed by atoms with Gasteiger partial charge in [-0.1, -0.05) is 12.1 Å². The van der Waals surface area contributed by atoms with Gasteiger partial charge >= 0.3 is 0 Å². The topological polar surface area (TPSA) is 67.3 Å².